The van der Waals surface area contributed by atoms with Gasteiger partial charge in [-0.25, -0.2) is 0 Å². The van der Waals surface area contributed by atoms with Gasteiger partial charge in [0.1, 0.15) is 5.75 Å². The van der Waals surface area contributed by atoms with E-state index in [4.69, 9.17) is 4.74 Å². The van der Waals surface area contributed by atoms with Crippen molar-refractivity contribution in [1.82, 2.24) is 4.90 Å². The van der Waals surface area contributed by atoms with Crippen LogP contribution in [0.3, 0.4) is 0 Å². The SMILES string of the molecule is O=C(c1ccc(-c2ccc(OCCC[N+]3(CO)CCCC3)cc2)cc1)N1CCCC1. The van der Waals surface area contributed by atoms with Gasteiger partial charge in [0.15, 0.2) is 6.73 Å². The highest BCUT2D eigenvalue weighted by Crippen LogP contribution is 2.24. The maximum atomic E-state index is 12.5. The summed E-state index contributed by atoms with van der Waals surface area (Å²) in [4.78, 5) is 14.4. The van der Waals surface area contributed by atoms with Gasteiger partial charge in [0, 0.05) is 37.9 Å². The molecule has 160 valence electrons. The van der Waals surface area contributed by atoms with Gasteiger partial charge in [0.25, 0.3) is 5.91 Å². The van der Waals surface area contributed by atoms with Gasteiger partial charge in [0.05, 0.1) is 26.2 Å². The molecule has 2 fully saturated rings. The average Bonchev–Trinajstić information content (AvgIpc) is 3.50. The van der Waals surface area contributed by atoms with Gasteiger partial charge in [-0.2, -0.15) is 0 Å². The molecule has 0 aromatic heterocycles. The van der Waals surface area contributed by atoms with Crippen molar-refractivity contribution >= 4 is 5.91 Å². The Kier molecular flexibility index (Phi) is 6.70. The Hall–Kier alpha value is -2.37. The molecule has 4 rings (SSSR count). The largest absolute Gasteiger partial charge is 0.493 e. The van der Waals surface area contributed by atoms with E-state index in [0.29, 0.717) is 6.61 Å². The fourth-order valence-electron chi connectivity index (χ4n) is 4.68. The fourth-order valence-corrected chi connectivity index (χ4v) is 4.68. The highest BCUT2D eigenvalue weighted by molar-refractivity contribution is 5.94. The van der Waals surface area contributed by atoms with Crippen molar-refractivity contribution in [2.24, 2.45) is 0 Å². The van der Waals surface area contributed by atoms with Crippen LogP contribution < -0.4 is 4.74 Å². The molecule has 2 saturated heterocycles. The molecular weight excluding hydrogens is 376 g/mol. The van der Waals surface area contributed by atoms with Crippen LogP contribution in [0.25, 0.3) is 11.1 Å². The predicted octanol–water partition coefficient (Wildman–Crippen LogP) is 3.92. The molecule has 0 atom stereocenters. The summed E-state index contributed by atoms with van der Waals surface area (Å²) in [5.74, 6) is 1.01. The van der Waals surface area contributed by atoms with E-state index in [9.17, 15) is 9.90 Å². The maximum absolute atomic E-state index is 12.5. The van der Waals surface area contributed by atoms with E-state index in [1.165, 1.54) is 12.8 Å². The van der Waals surface area contributed by atoms with Crippen LogP contribution in [0.1, 0.15) is 42.5 Å². The molecule has 2 heterocycles. The van der Waals surface area contributed by atoms with E-state index >= 15 is 0 Å². The van der Waals surface area contributed by atoms with Crippen molar-refractivity contribution in [3.8, 4) is 16.9 Å². The lowest BCUT2D eigenvalue weighted by Crippen LogP contribution is -2.47. The molecule has 0 saturated carbocycles. The zero-order valence-corrected chi connectivity index (χ0v) is 17.8. The molecule has 5 heteroatoms. The van der Waals surface area contributed by atoms with E-state index in [1.807, 2.05) is 41.3 Å². The molecule has 30 heavy (non-hydrogen) atoms. The lowest BCUT2D eigenvalue weighted by Gasteiger charge is -2.31. The smallest absolute Gasteiger partial charge is 0.253 e. The van der Waals surface area contributed by atoms with Gasteiger partial charge < -0.3 is 19.2 Å². The first-order chi connectivity index (χ1) is 14.7. The average molecular weight is 410 g/mol. The first-order valence-corrected chi connectivity index (χ1v) is 11.3. The Morgan fingerprint density at radius 2 is 1.50 bits per heavy atom. The zero-order valence-electron chi connectivity index (χ0n) is 17.8. The highest BCUT2D eigenvalue weighted by atomic mass is 16.5. The third-order valence-electron chi connectivity index (χ3n) is 6.57. The number of carbonyl (C=O) groups excluding carboxylic acids is 1. The Morgan fingerprint density at radius 3 is 2.10 bits per heavy atom. The van der Waals surface area contributed by atoms with Crippen molar-refractivity contribution in [1.29, 1.82) is 0 Å². The van der Waals surface area contributed by atoms with Gasteiger partial charge >= 0.3 is 0 Å². The Morgan fingerprint density at radius 1 is 0.900 bits per heavy atom. The van der Waals surface area contributed by atoms with E-state index < -0.39 is 0 Å². The number of quaternary nitrogens is 1. The number of likely N-dealkylation sites (tertiary alicyclic amines) is 2. The summed E-state index contributed by atoms with van der Waals surface area (Å²) in [5, 5.41) is 9.68. The molecular formula is C25H33N2O3+. The molecule has 0 aliphatic carbocycles. The van der Waals surface area contributed by atoms with E-state index in [0.717, 1.165) is 78.9 Å². The first-order valence-electron chi connectivity index (χ1n) is 11.3. The van der Waals surface area contributed by atoms with Crippen LogP contribution in [0.2, 0.25) is 0 Å². The molecule has 1 amide bonds. The van der Waals surface area contributed by atoms with Crippen LogP contribution in [0.15, 0.2) is 48.5 Å². The Labute approximate surface area is 179 Å². The topological polar surface area (TPSA) is 49.8 Å². The number of hydrogen-bond acceptors (Lipinski definition) is 3. The van der Waals surface area contributed by atoms with Gasteiger partial charge in [-0.15, -0.1) is 0 Å². The van der Waals surface area contributed by atoms with Crippen molar-refractivity contribution < 1.29 is 19.1 Å². The molecule has 0 spiro atoms. The molecule has 2 aliphatic rings. The van der Waals surface area contributed by atoms with Crippen LogP contribution >= 0.6 is 0 Å². The number of benzene rings is 2. The molecule has 0 bridgehead atoms. The predicted molar refractivity (Wildman–Crippen MR) is 118 cm³/mol. The summed E-state index contributed by atoms with van der Waals surface area (Å²) in [6, 6.07) is 16.0. The van der Waals surface area contributed by atoms with Crippen molar-refractivity contribution in [3.05, 3.63) is 54.1 Å². The summed E-state index contributed by atoms with van der Waals surface area (Å²) < 4.78 is 6.74. The second-order valence-corrected chi connectivity index (χ2v) is 8.66. The minimum Gasteiger partial charge on any atom is -0.493 e. The second kappa shape index (κ2) is 9.63. The van der Waals surface area contributed by atoms with Gasteiger partial charge in [-0.1, -0.05) is 24.3 Å². The molecule has 0 unspecified atom stereocenters. The van der Waals surface area contributed by atoms with Gasteiger partial charge in [0.2, 0.25) is 0 Å². The number of nitrogens with zero attached hydrogens (tertiary/aromatic N) is 2. The molecule has 2 aromatic rings. The monoisotopic (exact) mass is 409 g/mol. The fraction of sp³-hybridized carbons (Fsp3) is 0.480. The summed E-state index contributed by atoms with van der Waals surface area (Å²) in [6.45, 7) is 5.84. The van der Waals surface area contributed by atoms with Gasteiger partial charge in [-0.3, -0.25) is 4.79 Å². The summed E-state index contributed by atoms with van der Waals surface area (Å²) in [6.07, 6.45) is 5.61. The first kappa shape index (κ1) is 20.9. The van der Waals surface area contributed by atoms with Gasteiger partial charge in [-0.05, 0) is 48.2 Å². The van der Waals surface area contributed by atoms with E-state index in [-0.39, 0.29) is 12.6 Å². The van der Waals surface area contributed by atoms with E-state index in [2.05, 4.69) is 12.1 Å². The lowest BCUT2D eigenvalue weighted by molar-refractivity contribution is -0.934. The summed E-state index contributed by atoms with van der Waals surface area (Å²) >= 11 is 0. The summed E-state index contributed by atoms with van der Waals surface area (Å²) in [5.41, 5.74) is 2.98. The third kappa shape index (κ3) is 4.85. The third-order valence-corrected chi connectivity index (χ3v) is 6.57. The van der Waals surface area contributed by atoms with E-state index in [1.54, 1.807) is 0 Å². The number of aliphatic hydroxyl groups excluding tert-OH is 1. The summed E-state index contributed by atoms with van der Waals surface area (Å²) in [7, 11) is 0. The minimum atomic E-state index is 0.141. The molecule has 2 aliphatic heterocycles. The Bertz CT molecular complexity index is 820. The molecule has 5 nitrogen and oxygen atoms in total. The number of aliphatic hydroxyl groups is 1. The molecule has 1 N–H and O–H groups in total. The zero-order chi connectivity index (χ0) is 20.8. The lowest BCUT2D eigenvalue weighted by atomic mass is 10.0. The quantitative estimate of drug-likeness (QED) is 0.531. The number of ether oxygens (including phenoxy) is 1. The minimum absolute atomic E-state index is 0.141. The second-order valence-electron chi connectivity index (χ2n) is 8.66. The van der Waals surface area contributed by atoms with Crippen molar-refractivity contribution in [2.75, 3.05) is 46.1 Å². The van der Waals surface area contributed by atoms with Crippen molar-refractivity contribution in [2.45, 2.75) is 32.1 Å². The molecule has 0 radical (unpaired) electrons. The number of rotatable bonds is 8. The highest BCUT2D eigenvalue weighted by Gasteiger charge is 2.30. The number of hydrogen-bond donors (Lipinski definition) is 1. The normalized spacial score (nSPS) is 18.0. The van der Waals surface area contributed by atoms with Crippen LogP contribution in [0.5, 0.6) is 5.75 Å². The number of carbonyl (C=O) groups is 1. The van der Waals surface area contributed by atoms with Crippen molar-refractivity contribution in [3.63, 3.8) is 0 Å². The maximum Gasteiger partial charge on any atom is 0.253 e. The van der Waals surface area contributed by atoms with Crippen LogP contribution in [0.4, 0.5) is 0 Å². The van der Waals surface area contributed by atoms with Crippen LogP contribution in [-0.4, -0.2) is 66.5 Å². The Balaban J connectivity index is 1.28. The van der Waals surface area contributed by atoms with Crippen LogP contribution in [0, 0.1) is 0 Å². The standard InChI is InChI=1S/C25H33N2O3/c28-20-27(16-3-4-17-27)18-5-19-30-24-12-10-22(11-13-24)21-6-8-23(9-7-21)25(29)26-14-1-2-15-26/h6-13,28H,1-5,14-20H2/q+1. The van der Waals surface area contributed by atoms with Crippen LogP contribution in [-0.2, 0) is 0 Å². The number of amides is 1. The molecule has 2 aromatic carbocycles.